The predicted molar refractivity (Wildman–Crippen MR) is 118 cm³/mol. The molecule has 5 rings (SSSR count). The molecule has 4 heterocycles. The van der Waals surface area contributed by atoms with Crippen LogP contribution in [0, 0.1) is 23.2 Å². The maximum Gasteiger partial charge on any atom is 0.138 e. The molecule has 0 bridgehead atoms. The smallest absolute Gasteiger partial charge is 0.138 e. The third-order valence-electron chi connectivity index (χ3n) is 6.19. The Kier molecular flexibility index (Phi) is 5.54. The maximum absolute atomic E-state index is 9.49. The fourth-order valence-corrected chi connectivity index (χ4v) is 4.91. The first-order chi connectivity index (χ1) is 14.2. The molecular formula is C22H25ClN6O. The molecule has 3 aromatic heterocycles. The van der Waals surface area contributed by atoms with E-state index in [2.05, 4.69) is 28.2 Å². The minimum Gasteiger partial charge on any atom is -0.492 e. The van der Waals surface area contributed by atoms with Crippen LogP contribution >= 0.6 is 12.4 Å². The van der Waals surface area contributed by atoms with Crippen molar-refractivity contribution in [3.8, 4) is 22.9 Å². The molecular weight excluding hydrogens is 400 g/mol. The molecule has 1 unspecified atom stereocenters. The van der Waals surface area contributed by atoms with Gasteiger partial charge in [-0.3, -0.25) is 0 Å². The van der Waals surface area contributed by atoms with E-state index in [4.69, 9.17) is 15.5 Å². The number of fused-ring (bicyclic) bond motifs is 2. The minimum atomic E-state index is 0. The SMILES string of the molecule is CCOc1cc(-c2ccc(N3C[C@H]4CC(N)C[C@H]4C3)nc2)c2c(C#N)cnn2c1.Cl. The lowest BCUT2D eigenvalue weighted by Gasteiger charge is -2.19. The van der Waals surface area contributed by atoms with Crippen molar-refractivity contribution in [2.75, 3.05) is 24.6 Å². The third kappa shape index (κ3) is 3.47. The first-order valence-electron chi connectivity index (χ1n) is 10.2. The van der Waals surface area contributed by atoms with Gasteiger partial charge >= 0.3 is 0 Å². The molecule has 1 aliphatic heterocycles. The summed E-state index contributed by atoms with van der Waals surface area (Å²) in [6.45, 7) is 4.59. The highest BCUT2D eigenvalue weighted by atomic mass is 35.5. The second kappa shape index (κ2) is 8.13. The zero-order valence-corrected chi connectivity index (χ0v) is 17.7. The number of hydrogen-bond donors (Lipinski definition) is 1. The Morgan fingerprint density at radius 1 is 1.23 bits per heavy atom. The zero-order chi connectivity index (χ0) is 20.0. The van der Waals surface area contributed by atoms with E-state index >= 15 is 0 Å². The van der Waals surface area contributed by atoms with Crippen LogP contribution in [0.2, 0.25) is 0 Å². The van der Waals surface area contributed by atoms with Gasteiger partial charge in [-0.1, -0.05) is 0 Å². The van der Waals surface area contributed by atoms with Crippen LogP contribution in [0.25, 0.3) is 16.6 Å². The summed E-state index contributed by atoms with van der Waals surface area (Å²) in [4.78, 5) is 7.12. The molecule has 3 atom stereocenters. The topological polar surface area (TPSA) is 92.5 Å². The molecule has 2 fully saturated rings. The Balaban J connectivity index is 0.00000218. The lowest BCUT2D eigenvalue weighted by molar-refractivity contribution is 0.338. The van der Waals surface area contributed by atoms with Gasteiger partial charge in [-0.2, -0.15) is 10.4 Å². The van der Waals surface area contributed by atoms with Crippen LogP contribution in [0.3, 0.4) is 0 Å². The molecule has 2 N–H and O–H groups in total. The largest absolute Gasteiger partial charge is 0.492 e. The van der Waals surface area contributed by atoms with Crippen molar-refractivity contribution in [2.24, 2.45) is 17.6 Å². The van der Waals surface area contributed by atoms with Crippen LogP contribution in [-0.4, -0.2) is 40.3 Å². The number of nitrogens with two attached hydrogens (primary N) is 1. The summed E-state index contributed by atoms with van der Waals surface area (Å²) in [6.07, 6.45) is 7.52. The number of rotatable bonds is 4. The lowest BCUT2D eigenvalue weighted by atomic mass is 10.0. The Hall–Kier alpha value is -2.82. The molecule has 0 aromatic carbocycles. The number of nitrogens with zero attached hydrogens (tertiary/aromatic N) is 5. The molecule has 0 radical (unpaired) electrons. The maximum atomic E-state index is 9.49. The van der Waals surface area contributed by atoms with E-state index in [1.54, 1.807) is 16.9 Å². The van der Waals surface area contributed by atoms with Gasteiger partial charge in [0.25, 0.3) is 0 Å². The minimum absolute atomic E-state index is 0. The molecule has 1 saturated heterocycles. The number of nitriles is 1. The van der Waals surface area contributed by atoms with Gasteiger partial charge in [-0.25, -0.2) is 9.50 Å². The Labute approximate surface area is 181 Å². The van der Waals surface area contributed by atoms with Gasteiger partial charge in [0.05, 0.1) is 30.1 Å². The summed E-state index contributed by atoms with van der Waals surface area (Å²) >= 11 is 0. The van der Waals surface area contributed by atoms with Crippen LogP contribution in [0.1, 0.15) is 25.3 Å². The van der Waals surface area contributed by atoms with Gasteiger partial charge < -0.3 is 15.4 Å². The quantitative estimate of drug-likeness (QED) is 0.691. The molecule has 1 aliphatic carbocycles. The van der Waals surface area contributed by atoms with E-state index in [1.807, 2.05) is 19.2 Å². The summed E-state index contributed by atoms with van der Waals surface area (Å²) in [6, 6.07) is 8.70. The van der Waals surface area contributed by atoms with E-state index < -0.39 is 0 Å². The van der Waals surface area contributed by atoms with E-state index in [9.17, 15) is 5.26 Å². The highest BCUT2D eigenvalue weighted by Crippen LogP contribution is 2.39. The fraction of sp³-hybridized carbons (Fsp3) is 0.409. The van der Waals surface area contributed by atoms with Crippen molar-refractivity contribution in [3.05, 3.63) is 42.4 Å². The molecule has 30 heavy (non-hydrogen) atoms. The molecule has 0 spiro atoms. The van der Waals surface area contributed by atoms with Crippen LogP contribution in [0.5, 0.6) is 5.75 Å². The van der Waals surface area contributed by atoms with Crippen molar-refractivity contribution < 1.29 is 4.74 Å². The monoisotopic (exact) mass is 424 g/mol. The Morgan fingerprint density at radius 3 is 2.63 bits per heavy atom. The summed E-state index contributed by atoms with van der Waals surface area (Å²) in [5.74, 6) is 3.11. The second-order valence-corrected chi connectivity index (χ2v) is 8.05. The van der Waals surface area contributed by atoms with Gasteiger partial charge in [0.15, 0.2) is 0 Å². The standard InChI is InChI=1S/C22H24N6O.ClH/c1-2-29-19-7-20(22-17(8-23)10-26-28(22)13-19)14-3-4-21(25-9-14)27-11-15-5-18(24)6-16(15)12-27;/h3-4,7,9-10,13,15-16,18H,2,5-6,11-12,24H2,1H3;1H/t15-,16+,18?;. The number of aromatic nitrogens is 3. The van der Waals surface area contributed by atoms with Gasteiger partial charge in [-0.15, -0.1) is 12.4 Å². The van der Waals surface area contributed by atoms with E-state index in [1.165, 1.54) is 0 Å². The molecule has 1 saturated carbocycles. The average Bonchev–Trinajstić information content (AvgIpc) is 3.40. The summed E-state index contributed by atoms with van der Waals surface area (Å²) in [5.41, 5.74) is 9.26. The van der Waals surface area contributed by atoms with Crippen LogP contribution in [0.4, 0.5) is 5.82 Å². The number of halogens is 1. The molecule has 0 amide bonds. The fourth-order valence-electron chi connectivity index (χ4n) is 4.91. The highest BCUT2D eigenvalue weighted by molar-refractivity contribution is 5.85. The van der Waals surface area contributed by atoms with Crippen LogP contribution < -0.4 is 15.4 Å². The third-order valence-corrected chi connectivity index (χ3v) is 6.19. The van der Waals surface area contributed by atoms with Crippen LogP contribution in [-0.2, 0) is 0 Å². The number of ether oxygens (including phenoxy) is 1. The van der Waals surface area contributed by atoms with Crippen molar-refractivity contribution >= 4 is 23.7 Å². The first-order valence-corrected chi connectivity index (χ1v) is 10.2. The molecule has 3 aromatic rings. The predicted octanol–water partition coefficient (Wildman–Crippen LogP) is 3.26. The first kappa shape index (κ1) is 20.5. The van der Waals surface area contributed by atoms with E-state index in [0.717, 1.165) is 54.1 Å². The Morgan fingerprint density at radius 2 is 2.00 bits per heavy atom. The molecule has 8 heteroatoms. The van der Waals surface area contributed by atoms with Crippen LogP contribution in [0.15, 0.2) is 36.8 Å². The Bertz CT molecular complexity index is 1080. The molecule has 2 aliphatic rings. The second-order valence-electron chi connectivity index (χ2n) is 8.05. The number of pyridine rings is 2. The van der Waals surface area contributed by atoms with Crippen molar-refractivity contribution in [1.82, 2.24) is 14.6 Å². The van der Waals surface area contributed by atoms with Crippen molar-refractivity contribution in [1.29, 1.82) is 5.26 Å². The normalized spacial score (nSPS) is 22.6. The summed E-state index contributed by atoms with van der Waals surface area (Å²) < 4.78 is 7.40. The highest BCUT2D eigenvalue weighted by Gasteiger charge is 2.39. The van der Waals surface area contributed by atoms with Gasteiger partial charge in [0.1, 0.15) is 17.6 Å². The molecule has 156 valence electrons. The van der Waals surface area contributed by atoms with Gasteiger partial charge in [0, 0.05) is 36.5 Å². The van der Waals surface area contributed by atoms with Gasteiger partial charge in [0.2, 0.25) is 0 Å². The van der Waals surface area contributed by atoms with E-state index in [0.29, 0.717) is 30.0 Å². The average molecular weight is 425 g/mol. The van der Waals surface area contributed by atoms with Crippen molar-refractivity contribution in [2.45, 2.75) is 25.8 Å². The molecule has 7 nitrogen and oxygen atoms in total. The zero-order valence-electron chi connectivity index (χ0n) is 16.9. The van der Waals surface area contributed by atoms with Gasteiger partial charge in [-0.05, 0) is 49.8 Å². The summed E-state index contributed by atoms with van der Waals surface area (Å²) in [5, 5.41) is 13.8. The van der Waals surface area contributed by atoms with Crippen molar-refractivity contribution in [3.63, 3.8) is 0 Å². The number of anilines is 1. The lowest BCUT2D eigenvalue weighted by Crippen LogP contribution is -2.25. The number of hydrogen-bond acceptors (Lipinski definition) is 6. The van der Waals surface area contributed by atoms with E-state index in [-0.39, 0.29) is 12.4 Å². The summed E-state index contributed by atoms with van der Waals surface area (Å²) in [7, 11) is 0.